The lowest BCUT2D eigenvalue weighted by Crippen LogP contribution is -2.13. The van der Waals surface area contributed by atoms with Gasteiger partial charge < -0.3 is 5.32 Å². The molecular formula is C19H15N7O3S2. The number of tetrazole rings is 1. The number of aryl methyl sites for hydroxylation is 2. The number of aromatic nitrogens is 5. The summed E-state index contributed by atoms with van der Waals surface area (Å²) in [7, 11) is 0. The van der Waals surface area contributed by atoms with Crippen LogP contribution in [0.15, 0.2) is 57.3 Å². The number of thiazole rings is 1. The van der Waals surface area contributed by atoms with Gasteiger partial charge in [-0.15, -0.1) is 16.4 Å². The van der Waals surface area contributed by atoms with Gasteiger partial charge >= 0.3 is 0 Å². The lowest BCUT2D eigenvalue weighted by molar-refractivity contribution is -0.387. The number of nitro groups is 1. The van der Waals surface area contributed by atoms with Crippen LogP contribution in [-0.4, -0.2) is 36.0 Å². The Hall–Kier alpha value is -3.64. The van der Waals surface area contributed by atoms with Crippen LogP contribution in [0.2, 0.25) is 0 Å². The lowest BCUT2D eigenvalue weighted by atomic mass is 10.1. The number of carbonyl (C=O) groups excluding carboxylic acids is 1. The molecule has 0 bridgehead atoms. The molecule has 4 aromatic rings. The summed E-state index contributed by atoms with van der Waals surface area (Å²) in [5, 5.41) is 27.3. The van der Waals surface area contributed by atoms with Gasteiger partial charge in [-0.25, -0.2) is 9.67 Å². The molecule has 4 rings (SSSR count). The maximum Gasteiger partial charge on any atom is 0.284 e. The van der Waals surface area contributed by atoms with Gasteiger partial charge in [0.2, 0.25) is 0 Å². The van der Waals surface area contributed by atoms with E-state index >= 15 is 0 Å². The zero-order chi connectivity index (χ0) is 22.0. The molecule has 10 nitrogen and oxygen atoms in total. The van der Waals surface area contributed by atoms with E-state index in [0.29, 0.717) is 20.6 Å². The van der Waals surface area contributed by atoms with Crippen molar-refractivity contribution in [2.45, 2.75) is 23.1 Å². The standard InChI is InChI=1S/C19H15N7O3S2/c1-11-3-5-14(8-15(11)25-10-20-23-24-25)22-18(27)13-4-6-17(16(7-13)26(28)29)31-19-21-12(2)9-30-19/h3-10H,1-2H3,(H,22,27). The Kier molecular flexibility index (Phi) is 5.73. The molecule has 0 aliphatic rings. The minimum Gasteiger partial charge on any atom is -0.322 e. The normalized spacial score (nSPS) is 10.8. The number of nitrogens with zero attached hydrogens (tertiary/aromatic N) is 6. The number of carbonyl (C=O) groups is 1. The average molecular weight is 454 g/mol. The van der Waals surface area contributed by atoms with Crippen LogP contribution < -0.4 is 5.32 Å². The Balaban J connectivity index is 1.58. The van der Waals surface area contributed by atoms with Gasteiger partial charge in [0.25, 0.3) is 11.6 Å². The smallest absolute Gasteiger partial charge is 0.284 e. The van der Waals surface area contributed by atoms with Gasteiger partial charge in [0.1, 0.15) is 6.33 Å². The Morgan fingerprint density at radius 3 is 2.74 bits per heavy atom. The lowest BCUT2D eigenvalue weighted by Gasteiger charge is -2.10. The van der Waals surface area contributed by atoms with Crippen molar-refractivity contribution in [3.05, 3.63) is 75.0 Å². The number of rotatable bonds is 6. The largest absolute Gasteiger partial charge is 0.322 e. The highest BCUT2D eigenvalue weighted by atomic mass is 32.2. The van der Waals surface area contributed by atoms with E-state index in [4.69, 9.17) is 0 Å². The minimum absolute atomic E-state index is 0.149. The Bertz CT molecular complexity index is 1270. The maximum atomic E-state index is 12.7. The number of hydrogen-bond donors (Lipinski definition) is 1. The molecule has 0 atom stereocenters. The van der Waals surface area contributed by atoms with E-state index in [1.54, 1.807) is 24.3 Å². The predicted molar refractivity (Wildman–Crippen MR) is 116 cm³/mol. The molecule has 31 heavy (non-hydrogen) atoms. The number of nitrogens with one attached hydrogen (secondary N) is 1. The van der Waals surface area contributed by atoms with E-state index < -0.39 is 10.8 Å². The van der Waals surface area contributed by atoms with Crippen LogP contribution in [0.25, 0.3) is 5.69 Å². The van der Waals surface area contributed by atoms with Gasteiger partial charge in [0.15, 0.2) is 4.34 Å². The molecule has 0 saturated heterocycles. The van der Waals surface area contributed by atoms with E-state index in [2.05, 4.69) is 25.8 Å². The van der Waals surface area contributed by atoms with Crippen LogP contribution in [0, 0.1) is 24.0 Å². The third-order valence-electron chi connectivity index (χ3n) is 4.28. The molecule has 0 aliphatic heterocycles. The third kappa shape index (κ3) is 4.59. The number of nitro benzene ring substituents is 1. The summed E-state index contributed by atoms with van der Waals surface area (Å²) in [6.07, 6.45) is 1.46. The van der Waals surface area contributed by atoms with Gasteiger partial charge in [-0.3, -0.25) is 14.9 Å². The third-order valence-corrected chi connectivity index (χ3v) is 6.40. The molecule has 2 aromatic heterocycles. The van der Waals surface area contributed by atoms with Crippen molar-refractivity contribution in [2.75, 3.05) is 5.32 Å². The molecule has 0 saturated carbocycles. The zero-order valence-electron chi connectivity index (χ0n) is 16.3. The monoisotopic (exact) mass is 453 g/mol. The van der Waals surface area contributed by atoms with Crippen LogP contribution in [0.3, 0.4) is 0 Å². The number of anilines is 1. The van der Waals surface area contributed by atoms with E-state index in [1.165, 1.54) is 40.2 Å². The number of amides is 1. The van der Waals surface area contributed by atoms with Crippen molar-refractivity contribution in [3.8, 4) is 5.69 Å². The highest BCUT2D eigenvalue weighted by Crippen LogP contribution is 2.37. The molecule has 1 N–H and O–H groups in total. The number of benzene rings is 2. The Morgan fingerprint density at radius 2 is 2.06 bits per heavy atom. The van der Waals surface area contributed by atoms with E-state index in [-0.39, 0.29) is 11.3 Å². The second-order valence-electron chi connectivity index (χ2n) is 6.51. The highest BCUT2D eigenvalue weighted by Gasteiger charge is 2.20. The van der Waals surface area contributed by atoms with Crippen LogP contribution in [-0.2, 0) is 0 Å². The molecule has 0 fully saturated rings. The molecule has 156 valence electrons. The van der Waals surface area contributed by atoms with Crippen LogP contribution in [0.5, 0.6) is 0 Å². The first-order valence-corrected chi connectivity index (χ1v) is 10.6. The van der Waals surface area contributed by atoms with E-state index in [1.807, 2.05) is 25.3 Å². The molecule has 2 heterocycles. The highest BCUT2D eigenvalue weighted by molar-refractivity contribution is 8.01. The average Bonchev–Trinajstić information content (AvgIpc) is 3.41. The summed E-state index contributed by atoms with van der Waals surface area (Å²) in [5.41, 5.74) is 3.02. The first-order chi connectivity index (χ1) is 14.9. The fourth-order valence-corrected chi connectivity index (χ4v) is 4.65. The summed E-state index contributed by atoms with van der Waals surface area (Å²) < 4.78 is 2.19. The van der Waals surface area contributed by atoms with Crippen LogP contribution >= 0.6 is 23.1 Å². The quantitative estimate of drug-likeness (QED) is 0.342. The summed E-state index contributed by atoms with van der Waals surface area (Å²) in [5.74, 6) is -0.462. The molecule has 0 spiro atoms. The first-order valence-electron chi connectivity index (χ1n) is 8.94. The minimum atomic E-state index is -0.499. The predicted octanol–water partition coefficient (Wildman–Crippen LogP) is 4.05. The van der Waals surface area contributed by atoms with Crippen LogP contribution in [0.4, 0.5) is 11.4 Å². The molecule has 2 aromatic carbocycles. The van der Waals surface area contributed by atoms with Crippen molar-refractivity contribution in [3.63, 3.8) is 0 Å². The summed E-state index contributed by atoms with van der Waals surface area (Å²) in [4.78, 5) is 28.6. The van der Waals surface area contributed by atoms with Gasteiger partial charge in [-0.1, -0.05) is 17.8 Å². The molecule has 0 radical (unpaired) electrons. The summed E-state index contributed by atoms with van der Waals surface area (Å²) in [6.45, 7) is 3.75. The molecule has 12 heteroatoms. The van der Waals surface area contributed by atoms with E-state index in [9.17, 15) is 14.9 Å². The molecule has 1 amide bonds. The topological polar surface area (TPSA) is 129 Å². The van der Waals surface area contributed by atoms with Gasteiger partial charge in [-0.05, 0) is 54.1 Å². The van der Waals surface area contributed by atoms with Crippen molar-refractivity contribution in [1.29, 1.82) is 0 Å². The van der Waals surface area contributed by atoms with Gasteiger partial charge in [0, 0.05) is 28.4 Å². The van der Waals surface area contributed by atoms with E-state index in [0.717, 1.165) is 11.3 Å². The second-order valence-corrected chi connectivity index (χ2v) is 8.65. The van der Waals surface area contributed by atoms with Crippen molar-refractivity contribution in [1.82, 2.24) is 25.2 Å². The van der Waals surface area contributed by atoms with Gasteiger partial charge in [0.05, 0.1) is 15.5 Å². The molecule has 0 unspecified atom stereocenters. The second kappa shape index (κ2) is 8.62. The van der Waals surface area contributed by atoms with Crippen LogP contribution in [0.1, 0.15) is 21.6 Å². The fraction of sp³-hybridized carbons (Fsp3) is 0.105. The molecular weight excluding hydrogens is 438 g/mol. The molecule has 0 aliphatic carbocycles. The first kappa shape index (κ1) is 20.6. The summed E-state index contributed by atoms with van der Waals surface area (Å²) in [6, 6.07) is 9.69. The van der Waals surface area contributed by atoms with Gasteiger partial charge in [-0.2, -0.15) is 0 Å². The fourth-order valence-electron chi connectivity index (χ4n) is 2.77. The Morgan fingerprint density at radius 1 is 1.23 bits per heavy atom. The van der Waals surface area contributed by atoms with Crippen molar-refractivity contribution < 1.29 is 9.72 Å². The Labute approximate surface area is 184 Å². The van der Waals surface area contributed by atoms with Crippen molar-refractivity contribution in [2.24, 2.45) is 0 Å². The zero-order valence-corrected chi connectivity index (χ0v) is 18.0. The number of hydrogen-bond acceptors (Lipinski definition) is 9. The SMILES string of the molecule is Cc1csc(Sc2ccc(C(=O)Nc3ccc(C)c(-n4cnnn4)c3)cc2[N+](=O)[O-])n1. The maximum absolute atomic E-state index is 12.7. The summed E-state index contributed by atoms with van der Waals surface area (Å²) >= 11 is 2.61. The van der Waals surface area contributed by atoms with Crippen molar-refractivity contribution >= 4 is 40.4 Å².